The van der Waals surface area contributed by atoms with Crippen molar-refractivity contribution >= 4 is 0 Å². The summed E-state index contributed by atoms with van der Waals surface area (Å²) in [7, 11) is 0. The van der Waals surface area contributed by atoms with E-state index >= 15 is 4.39 Å². The molecule has 0 radical (unpaired) electrons. The van der Waals surface area contributed by atoms with Gasteiger partial charge < -0.3 is 0 Å². The summed E-state index contributed by atoms with van der Waals surface area (Å²) >= 11 is 0. The Hall–Kier alpha value is -4.75. The molecule has 1 heteroatoms. The van der Waals surface area contributed by atoms with Crippen LogP contribution in [-0.4, -0.2) is 0 Å². The summed E-state index contributed by atoms with van der Waals surface area (Å²) in [5, 5.41) is 0. The highest BCUT2D eigenvalue weighted by atomic mass is 19.1. The summed E-state index contributed by atoms with van der Waals surface area (Å²) < 4.78 is 17.2. The Balaban J connectivity index is 1.89. The van der Waals surface area contributed by atoms with Crippen molar-refractivity contribution in [2.45, 2.75) is 0 Å². The van der Waals surface area contributed by atoms with Gasteiger partial charge in [0.25, 0.3) is 0 Å². The van der Waals surface area contributed by atoms with Crippen molar-refractivity contribution in [3.05, 3.63) is 157 Å². The molecule has 0 spiro atoms. The lowest BCUT2D eigenvalue weighted by Crippen LogP contribution is -2.02. The van der Waals surface area contributed by atoms with Gasteiger partial charge in [0.1, 0.15) is 5.82 Å². The molecular weight excluding hydrogens is 451 g/mol. The van der Waals surface area contributed by atoms with Gasteiger partial charge in [-0.15, -0.1) is 0 Å². The van der Waals surface area contributed by atoms with Gasteiger partial charge in [-0.05, 0) is 33.4 Å². The molecule has 0 atom stereocenters. The van der Waals surface area contributed by atoms with Crippen LogP contribution < -0.4 is 0 Å². The van der Waals surface area contributed by atoms with Crippen LogP contribution in [0.3, 0.4) is 0 Å². The van der Waals surface area contributed by atoms with Crippen molar-refractivity contribution in [1.82, 2.24) is 0 Å². The van der Waals surface area contributed by atoms with E-state index in [9.17, 15) is 0 Å². The standard InChI is InChI=1S/C36H25F/c37-36-34(29-22-12-4-13-23-29)32(27-18-8-2-9-19-27)31(26-16-6-1-7-17-26)33(28-20-10-3-11-21-28)35(36)30-24-14-5-15-25-30/h1-25H. The highest BCUT2D eigenvalue weighted by Gasteiger charge is 2.28. The first-order valence-electron chi connectivity index (χ1n) is 12.5. The van der Waals surface area contributed by atoms with Gasteiger partial charge in [-0.25, -0.2) is 4.39 Å². The molecule has 0 fully saturated rings. The average Bonchev–Trinajstić information content (AvgIpc) is 2.98. The summed E-state index contributed by atoms with van der Waals surface area (Å²) in [5.74, 6) is -0.213. The van der Waals surface area contributed by atoms with E-state index in [0.717, 1.165) is 44.5 Å². The SMILES string of the molecule is Fc1c(-c2ccccc2)c(-c2ccccc2)c(-c2ccccc2)c(-c2ccccc2)c1-c1ccccc1. The minimum Gasteiger partial charge on any atom is -0.206 e. The van der Waals surface area contributed by atoms with Crippen LogP contribution in [0.25, 0.3) is 55.6 Å². The third-order valence-corrected chi connectivity index (χ3v) is 6.75. The Labute approximate surface area is 217 Å². The van der Waals surface area contributed by atoms with E-state index in [4.69, 9.17) is 0 Å². The van der Waals surface area contributed by atoms with Gasteiger partial charge in [0.05, 0.1) is 0 Å². The maximum atomic E-state index is 17.2. The lowest BCUT2D eigenvalue weighted by Gasteiger charge is -2.25. The Bertz CT molecular complexity index is 1520. The van der Waals surface area contributed by atoms with Crippen LogP contribution in [0.4, 0.5) is 4.39 Å². The molecule has 0 N–H and O–H groups in total. The van der Waals surface area contributed by atoms with E-state index in [0.29, 0.717) is 11.1 Å². The highest BCUT2D eigenvalue weighted by molar-refractivity contribution is 6.07. The van der Waals surface area contributed by atoms with E-state index < -0.39 is 0 Å². The van der Waals surface area contributed by atoms with Gasteiger partial charge in [-0.2, -0.15) is 0 Å². The summed E-state index contributed by atoms with van der Waals surface area (Å²) in [6.45, 7) is 0. The fourth-order valence-electron chi connectivity index (χ4n) is 5.15. The smallest absolute Gasteiger partial charge is 0.140 e. The van der Waals surface area contributed by atoms with Crippen LogP contribution in [0.15, 0.2) is 152 Å². The lowest BCUT2D eigenvalue weighted by molar-refractivity contribution is 0.635. The molecule has 6 aromatic carbocycles. The van der Waals surface area contributed by atoms with E-state index in [1.807, 2.05) is 115 Å². The Kier molecular flexibility index (Phi) is 6.19. The predicted octanol–water partition coefficient (Wildman–Crippen LogP) is 10.2. The molecule has 37 heavy (non-hydrogen) atoms. The minimum atomic E-state index is -0.213. The Morgan fingerprint density at radius 2 is 0.432 bits per heavy atom. The van der Waals surface area contributed by atoms with Gasteiger partial charge in [0, 0.05) is 22.3 Å². The maximum Gasteiger partial charge on any atom is 0.140 e. The van der Waals surface area contributed by atoms with Crippen LogP contribution in [0.1, 0.15) is 0 Å². The molecule has 0 saturated heterocycles. The maximum absolute atomic E-state index is 17.2. The molecule has 0 aliphatic carbocycles. The lowest BCUT2D eigenvalue weighted by atomic mass is 9.78. The molecule has 0 aromatic heterocycles. The van der Waals surface area contributed by atoms with Crippen LogP contribution >= 0.6 is 0 Å². The first kappa shape index (κ1) is 22.7. The van der Waals surface area contributed by atoms with Crippen LogP contribution in [-0.2, 0) is 0 Å². The van der Waals surface area contributed by atoms with Gasteiger partial charge in [-0.1, -0.05) is 152 Å². The van der Waals surface area contributed by atoms with Crippen molar-refractivity contribution in [1.29, 1.82) is 0 Å². The first-order valence-corrected chi connectivity index (χ1v) is 12.5. The summed E-state index contributed by atoms with van der Waals surface area (Å²) in [4.78, 5) is 0. The van der Waals surface area contributed by atoms with Crippen molar-refractivity contribution < 1.29 is 4.39 Å². The van der Waals surface area contributed by atoms with Gasteiger partial charge in [0.15, 0.2) is 0 Å². The van der Waals surface area contributed by atoms with Crippen LogP contribution in [0.2, 0.25) is 0 Å². The van der Waals surface area contributed by atoms with Crippen molar-refractivity contribution in [3.8, 4) is 55.6 Å². The number of hydrogen-bond donors (Lipinski definition) is 0. The van der Waals surface area contributed by atoms with E-state index in [2.05, 4.69) is 36.4 Å². The molecule has 0 aliphatic heterocycles. The molecule has 6 aromatic rings. The number of halogens is 1. The Morgan fingerprint density at radius 1 is 0.243 bits per heavy atom. The fraction of sp³-hybridized carbons (Fsp3) is 0. The normalized spacial score (nSPS) is 10.8. The van der Waals surface area contributed by atoms with E-state index in [1.54, 1.807) is 0 Å². The zero-order valence-corrected chi connectivity index (χ0v) is 20.3. The van der Waals surface area contributed by atoms with Crippen molar-refractivity contribution in [2.24, 2.45) is 0 Å². The average molecular weight is 477 g/mol. The number of rotatable bonds is 5. The second-order valence-corrected chi connectivity index (χ2v) is 9.02. The topological polar surface area (TPSA) is 0 Å². The molecular formula is C36H25F. The zero-order chi connectivity index (χ0) is 25.0. The fourth-order valence-corrected chi connectivity index (χ4v) is 5.15. The predicted molar refractivity (Wildman–Crippen MR) is 154 cm³/mol. The molecule has 0 nitrogen and oxygen atoms in total. The zero-order valence-electron chi connectivity index (χ0n) is 20.3. The van der Waals surface area contributed by atoms with Gasteiger partial charge in [0.2, 0.25) is 0 Å². The van der Waals surface area contributed by atoms with Crippen LogP contribution in [0.5, 0.6) is 0 Å². The molecule has 6 rings (SSSR count). The molecule has 0 unspecified atom stereocenters. The Morgan fingerprint density at radius 3 is 0.676 bits per heavy atom. The van der Waals surface area contributed by atoms with E-state index in [1.165, 1.54) is 0 Å². The molecule has 0 bridgehead atoms. The minimum absolute atomic E-state index is 0.213. The highest BCUT2D eigenvalue weighted by Crippen LogP contribution is 2.51. The monoisotopic (exact) mass is 476 g/mol. The number of benzene rings is 6. The van der Waals surface area contributed by atoms with Crippen LogP contribution in [0, 0.1) is 5.82 Å². The number of hydrogen-bond acceptors (Lipinski definition) is 0. The van der Waals surface area contributed by atoms with Gasteiger partial charge >= 0.3 is 0 Å². The second-order valence-electron chi connectivity index (χ2n) is 9.02. The van der Waals surface area contributed by atoms with E-state index in [-0.39, 0.29) is 5.82 Å². The molecule has 0 aliphatic rings. The van der Waals surface area contributed by atoms with Gasteiger partial charge in [-0.3, -0.25) is 0 Å². The summed E-state index contributed by atoms with van der Waals surface area (Å²) in [6, 6.07) is 50.5. The molecule has 0 saturated carbocycles. The summed E-state index contributed by atoms with van der Waals surface area (Å²) in [5.41, 5.74) is 8.77. The molecule has 0 amide bonds. The third kappa shape index (κ3) is 4.26. The quantitative estimate of drug-likeness (QED) is 0.232. The molecule has 176 valence electrons. The van der Waals surface area contributed by atoms with Crippen molar-refractivity contribution in [2.75, 3.05) is 0 Å². The van der Waals surface area contributed by atoms with Crippen molar-refractivity contribution in [3.63, 3.8) is 0 Å². The third-order valence-electron chi connectivity index (χ3n) is 6.75. The summed E-state index contributed by atoms with van der Waals surface area (Å²) in [6.07, 6.45) is 0. The second kappa shape index (κ2) is 10.1. The first-order chi connectivity index (χ1) is 18.3. The largest absolute Gasteiger partial charge is 0.206 e. The molecule has 0 heterocycles.